The van der Waals surface area contributed by atoms with E-state index in [1.165, 1.54) is 5.56 Å². The summed E-state index contributed by atoms with van der Waals surface area (Å²) in [5.41, 5.74) is 2.64. The van der Waals surface area contributed by atoms with Gasteiger partial charge in [0.25, 0.3) is 0 Å². The molecule has 38 heavy (non-hydrogen) atoms. The van der Waals surface area contributed by atoms with Crippen LogP contribution in [0.2, 0.25) is 5.02 Å². The molecule has 2 aliphatic rings. The molecule has 2 fully saturated rings. The Kier molecular flexibility index (Phi) is 7.96. The van der Waals surface area contributed by atoms with Crippen molar-refractivity contribution in [3.05, 3.63) is 57.4 Å². The summed E-state index contributed by atoms with van der Waals surface area (Å²) in [7, 11) is 1.76. The highest BCUT2D eigenvalue weighted by atomic mass is 35.5. The molecule has 2 aliphatic heterocycles. The zero-order valence-corrected chi connectivity index (χ0v) is 24.2. The Bertz CT molecular complexity index is 1320. The van der Waals surface area contributed by atoms with Crippen LogP contribution in [0.4, 0.5) is 0 Å². The van der Waals surface area contributed by atoms with Crippen molar-refractivity contribution in [3.8, 4) is 0 Å². The van der Waals surface area contributed by atoms with Gasteiger partial charge in [-0.1, -0.05) is 37.6 Å². The minimum absolute atomic E-state index is 0.0858. The Hall–Kier alpha value is -2.26. The van der Waals surface area contributed by atoms with Crippen LogP contribution in [0.1, 0.15) is 64.4 Å². The van der Waals surface area contributed by atoms with Crippen molar-refractivity contribution in [2.45, 2.75) is 90.9 Å². The zero-order chi connectivity index (χ0) is 27.1. The molecule has 0 radical (unpaired) electrons. The molecule has 0 spiro atoms. The van der Waals surface area contributed by atoms with E-state index in [4.69, 9.17) is 16.3 Å². The first-order valence-corrected chi connectivity index (χ1v) is 14.3. The van der Waals surface area contributed by atoms with Crippen molar-refractivity contribution in [2.75, 3.05) is 13.1 Å². The van der Waals surface area contributed by atoms with E-state index in [1.54, 1.807) is 17.8 Å². The van der Waals surface area contributed by atoms with Crippen LogP contribution in [0, 0.1) is 12.8 Å². The molecule has 2 saturated heterocycles. The standard InChI is InChI=1S/C29H41ClN6O2/c1-18(2)13-26(22-7-9-23(30)10-8-22)34-15-20(4)35(16-19(34)3)27-12-11-24(38-27)17-36-21(5)32-25-14-31-29(37)33(6)28(25)36/h7-10,14,18-20,24,26-27H,11-13,15-17H2,1-6H3/t19-,20+,24+,26?,27?/m1/s1. The fourth-order valence-electron chi connectivity index (χ4n) is 6.41. The highest BCUT2D eigenvalue weighted by Crippen LogP contribution is 2.35. The van der Waals surface area contributed by atoms with Crippen molar-refractivity contribution in [1.82, 2.24) is 28.9 Å². The lowest BCUT2D eigenvalue weighted by molar-refractivity contribution is -0.111. The molecule has 2 aromatic heterocycles. The van der Waals surface area contributed by atoms with Crippen LogP contribution in [0.15, 0.2) is 35.3 Å². The second-order valence-electron chi connectivity index (χ2n) is 11.7. The van der Waals surface area contributed by atoms with E-state index in [2.05, 4.69) is 64.2 Å². The molecule has 0 bridgehead atoms. The summed E-state index contributed by atoms with van der Waals surface area (Å²) in [6.45, 7) is 13.9. The van der Waals surface area contributed by atoms with Gasteiger partial charge in [-0.3, -0.25) is 14.4 Å². The molecule has 5 rings (SSSR count). The van der Waals surface area contributed by atoms with E-state index in [9.17, 15) is 4.79 Å². The van der Waals surface area contributed by atoms with E-state index in [-0.39, 0.29) is 18.0 Å². The molecule has 0 amide bonds. The van der Waals surface area contributed by atoms with Gasteiger partial charge in [-0.05, 0) is 63.6 Å². The monoisotopic (exact) mass is 540 g/mol. The first-order chi connectivity index (χ1) is 18.1. The average molecular weight is 541 g/mol. The predicted molar refractivity (Wildman–Crippen MR) is 151 cm³/mol. The van der Waals surface area contributed by atoms with Crippen LogP contribution in [-0.4, -0.2) is 66.4 Å². The summed E-state index contributed by atoms with van der Waals surface area (Å²) in [6, 6.07) is 9.59. The lowest BCUT2D eigenvalue weighted by Crippen LogP contribution is -2.59. The van der Waals surface area contributed by atoms with Gasteiger partial charge < -0.3 is 9.30 Å². The number of rotatable bonds is 7. The highest BCUT2D eigenvalue weighted by Gasteiger charge is 2.40. The maximum atomic E-state index is 12.2. The van der Waals surface area contributed by atoms with Gasteiger partial charge in [0.1, 0.15) is 23.2 Å². The number of piperazine rings is 1. The molecule has 1 aromatic carbocycles. The number of benzene rings is 1. The maximum Gasteiger partial charge on any atom is 0.348 e. The van der Waals surface area contributed by atoms with Crippen molar-refractivity contribution in [3.63, 3.8) is 0 Å². The number of ether oxygens (including phenoxy) is 1. The van der Waals surface area contributed by atoms with Gasteiger partial charge in [0.2, 0.25) is 0 Å². The van der Waals surface area contributed by atoms with Crippen molar-refractivity contribution in [2.24, 2.45) is 13.0 Å². The zero-order valence-electron chi connectivity index (χ0n) is 23.5. The second kappa shape index (κ2) is 11.1. The fourth-order valence-corrected chi connectivity index (χ4v) is 6.53. The van der Waals surface area contributed by atoms with Crippen molar-refractivity contribution < 1.29 is 4.74 Å². The molecule has 3 aromatic rings. The number of halogens is 1. The summed E-state index contributed by atoms with van der Waals surface area (Å²) in [5, 5.41) is 0.786. The molecule has 0 aliphatic carbocycles. The lowest BCUT2D eigenvalue weighted by atomic mass is 9.92. The quantitative estimate of drug-likeness (QED) is 0.429. The van der Waals surface area contributed by atoms with Gasteiger partial charge in [0, 0.05) is 43.3 Å². The van der Waals surface area contributed by atoms with E-state index >= 15 is 0 Å². The first-order valence-electron chi connectivity index (χ1n) is 13.9. The topological polar surface area (TPSA) is 68.4 Å². The molecule has 0 saturated carbocycles. The molecule has 0 N–H and O–H groups in total. The molecule has 4 heterocycles. The fraction of sp³-hybridized carbons (Fsp3) is 0.621. The minimum atomic E-state index is -0.265. The Morgan fingerprint density at radius 3 is 2.55 bits per heavy atom. The summed E-state index contributed by atoms with van der Waals surface area (Å²) in [6.07, 6.45) is 4.89. The van der Waals surface area contributed by atoms with E-state index < -0.39 is 0 Å². The van der Waals surface area contributed by atoms with Crippen molar-refractivity contribution >= 4 is 22.8 Å². The number of hydrogen-bond donors (Lipinski definition) is 0. The molecule has 206 valence electrons. The smallest absolute Gasteiger partial charge is 0.348 e. The molecular formula is C29H41ClN6O2. The van der Waals surface area contributed by atoms with Gasteiger partial charge in [-0.15, -0.1) is 0 Å². The second-order valence-corrected chi connectivity index (χ2v) is 12.1. The Morgan fingerprint density at radius 2 is 1.84 bits per heavy atom. The normalized spacial score (nSPS) is 26.0. The summed E-state index contributed by atoms with van der Waals surface area (Å²) in [4.78, 5) is 26.0. The van der Waals surface area contributed by atoms with Gasteiger partial charge in [0.05, 0.1) is 18.8 Å². The van der Waals surface area contributed by atoms with Gasteiger partial charge in [-0.25, -0.2) is 9.78 Å². The van der Waals surface area contributed by atoms with Gasteiger partial charge >= 0.3 is 5.69 Å². The predicted octanol–water partition coefficient (Wildman–Crippen LogP) is 4.78. The number of imidazole rings is 1. The molecule has 2 unspecified atom stereocenters. The maximum absolute atomic E-state index is 12.2. The highest BCUT2D eigenvalue weighted by molar-refractivity contribution is 6.30. The largest absolute Gasteiger partial charge is 0.358 e. The summed E-state index contributed by atoms with van der Waals surface area (Å²) >= 11 is 6.20. The molecule has 8 nitrogen and oxygen atoms in total. The third-order valence-electron chi connectivity index (χ3n) is 8.33. The van der Waals surface area contributed by atoms with Crippen LogP contribution in [-0.2, 0) is 18.3 Å². The molecular weight excluding hydrogens is 500 g/mol. The van der Waals surface area contributed by atoms with E-state index in [0.29, 0.717) is 30.6 Å². The third-order valence-corrected chi connectivity index (χ3v) is 8.58. The van der Waals surface area contributed by atoms with Gasteiger partial charge in [-0.2, -0.15) is 4.98 Å². The van der Waals surface area contributed by atoms with Crippen LogP contribution in [0.5, 0.6) is 0 Å². The van der Waals surface area contributed by atoms with E-state index in [1.807, 2.05) is 19.1 Å². The Labute approximate surface area is 230 Å². The van der Waals surface area contributed by atoms with Crippen LogP contribution in [0.25, 0.3) is 11.2 Å². The van der Waals surface area contributed by atoms with Gasteiger partial charge in [0.15, 0.2) is 0 Å². The van der Waals surface area contributed by atoms with Crippen LogP contribution in [0.3, 0.4) is 0 Å². The summed E-state index contributed by atoms with van der Waals surface area (Å²) < 4.78 is 10.4. The Balaban J connectivity index is 1.28. The van der Waals surface area contributed by atoms with Crippen molar-refractivity contribution in [1.29, 1.82) is 0 Å². The lowest BCUT2D eigenvalue weighted by Gasteiger charge is -2.49. The minimum Gasteiger partial charge on any atom is -0.358 e. The third kappa shape index (κ3) is 5.41. The SMILES string of the molecule is Cc1nc2cnc(=O)n(C)c2n1C[C@@H]1CCC(N2C[C@@H](C)N(C(CC(C)C)c3ccc(Cl)cc3)C[C@@H]2C)O1. The number of hydrogen-bond acceptors (Lipinski definition) is 6. The number of aromatic nitrogens is 4. The molecule has 9 heteroatoms. The number of fused-ring (bicyclic) bond motifs is 1. The first kappa shape index (κ1) is 27.3. The van der Waals surface area contributed by atoms with Crippen LogP contribution < -0.4 is 5.69 Å². The Morgan fingerprint density at radius 1 is 1.11 bits per heavy atom. The van der Waals surface area contributed by atoms with Crippen LogP contribution >= 0.6 is 11.6 Å². The molecule has 5 atom stereocenters. The number of nitrogens with zero attached hydrogens (tertiary/aromatic N) is 6. The average Bonchev–Trinajstić information content (AvgIpc) is 3.46. The number of aryl methyl sites for hydroxylation is 2. The summed E-state index contributed by atoms with van der Waals surface area (Å²) in [5.74, 6) is 1.48. The van der Waals surface area contributed by atoms with E-state index in [0.717, 1.165) is 54.4 Å².